The number of hydrogen-bond donors (Lipinski definition) is 2. The Bertz CT molecular complexity index is 1650. The van der Waals surface area contributed by atoms with E-state index >= 15 is 0 Å². The zero-order valence-corrected chi connectivity index (χ0v) is 23.0. The van der Waals surface area contributed by atoms with Gasteiger partial charge in [0.25, 0.3) is 11.5 Å². The molecule has 4 aromatic rings. The second kappa shape index (κ2) is 14.2. The molecule has 0 saturated heterocycles. The van der Waals surface area contributed by atoms with Crippen molar-refractivity contribution in [1.82, 2.24) is 20.5 Å². The van der Waals surface area contributed by atoms with Gasteiger partial charge in [0.2, 0.25) is 0 Å². The molecule has 0 aliphatic carbocycles. The summed E-state index contributed by atoms with van der Waals surface area (Å²) in [6, 6.07) is 15.1. The molecule has 0 unspecified atom stereocenters. The van der Waals surface area contributed by atoms with Crippen LogP contribution in [-0.4, -0.2) is 40.7 Å². The smallest absolute Gasteiger partial charge is 0.272 e. The Morgan fingerprint density at radius 3 is 2.55 bits per heavy atom. The van der Waals surface area contributed by atoms with Crippen LogP contribution >= 0.6 is 0 Å². The van der Waals surface area contributed by atoms with Crippen LogP contribution in [0.2, 0.25) is 0 Å². The molecule has 2 aromatic heterocycles. The molecule has 0 fully saturated rings. The van der Waals surface area contributed by atoms with Crippen molar-refractivity contribution in [1.29, 1.82) is 5.26 Å². The number of rotatable bonds is 8. The number of benzene rings is 2. The molecule has 40 heavy (non-hydrogen) atoms. The summed E-state index contributed by atoms with van der Waals surface area (Å²) in [5, 5.41) is 19.6. The molecule has 204 valence electrons. The highest BCUT2D eigenvalue weighted by molar-refractivity contribution is 5.94. The van der Waals surface area contributed by atoms with Gasteiger partial charge in [0.05, 0.1) is 22.2 Å². The van der Waals surface area contributed by atoms with Crippen LogP contribution in [0.4, 0.5) is 10.2 Å². The summed E-state index contributed by atoms with van der Waals surface area (Å²) in [5.74, 6) is 5.33. The van der Waals surface area contributed by atoms with Gasteiger partial charge in [-0.2, -0.15) is 10.4 Å². The number of nitrogens with zero attached hydrogens (tertiary/aromatic N) is 4. The van der Waals surface area contributed by atoms with Crippen molar-refractivity contribution in [2.75, 3.05) is 24.5 Å². The molecule has 0 radical (unpaired) electrons. The van der Waals surface area contributed by atoms with Gasteiger partial charge in [-0.25, -0.2) is 14.5 Å². The quantitative estimate of drug-likeness (QED) is 0.318. The van der Waals surface area contributed by atoms with E-state index < -0.39 is 11.7 Å². The van der Waals surface area contributed by atoms with Gasteiger partial charge in [-0.05, 0) is 61.9 Å². The lowest BCUT2D eigenvalue weighted by atomic mass is 10.0. The Morgan fingerprint density at radius 1 is 1.10 bits per heavy atom. The minimum atomic E-state index is -0.632. The van der Waals surface area contributed by atoms with E-state index in [4.69, 9.17) is 5.26 Å². The molecule has 0 bridgehead atoms. The zero-order valence-electron chi connectivity index (χ0n) is 23.0. The molecule has 0 saturated carbocycles. The Kier molecular flexibility index (Phi) is 10.5. The molecular formula is C31H31FN6O2. The van der Waals surface area contributed by atoms with Gasteiger partial charge >= 0.3 is 0 Å². The number of hydrogen-bond acceptors (Lipinski definition) is 6. The van der Waals surface area contributed by atoms with Crippen LogP contribution in [0, 0.1) is 29.0 Å². The third-order valence-electron chi connectivity index (χ3n) is 6.03. The molecule has 0 aliphatic rings. The Labute approximate surface area is 232 Å². The highest BCUT2D eigenvalue weighted by atomic mass is 19.1. The van der Waals surface area contributed by atoms with Gasteiger partial charge in [-0.15, -0.1) is 5.92 Å². The maximum Gasteiger partial charge on any atom is 0.272 e. The van der Waals surface area contributed by atoms with Crippen molar-refractivity contribution in [2.24, 2.45) is 0 Å². The monoisotopic (exact) mass is 538 g/mol. The minimum Gasteiger partial charge on any atom is -0.355 e. The van der Waals surface area contributed by atoms with E-state index in [-0.39, 0.29) is 24.1 Å². The van der Waals surface area contributed by atoms with Crippen molar-refractivity contribution < 1.29 is 9.18 Å². The first-order valence-corrected chi connectivity index (χ1v) is 13.0. The van der Waals surface area contributed by atoms with Crippen molar-refractivity contribution in [3.63, 3.8) is 0 Å². The van der Waals surface area contributed by atoms with Crippen molar-refractivity contribution in [3.8, 4) is 17.9 Å². The summed E-state index contributed by atoms with van der Waals surface area (Å²) in [6.45, 7) is 9.06. The van der Waals surface area contributed by atoms with Crippen LogP contribution in [0.15, 0.2) is 59.5 Å². The normalized spacial score (nSPS) is 10.0. The first-order chi connectivity index (χ1) is 19.4. The van der Waals surface area contributed by atoms with Crippen molar-refractivity contribution in [3.05, 3.63) is 98.8 Å². The first kappa shape index (κ1) is 29.5. The number of halogens is 1. The van der Waals surface area contributed by atoms with Gasteiger partial charge in [0.15, 0.2) is 0 Å². The molecule has 1 amide bonds. The number of aromatic amines is 1. The second-order valence-corrected chi connectivity index (χ2v) is 8.48. The van der Waals surface area contributed by atoms with Crippen LogP contribution in [0.3, 0.4) is 0 Å². The fraction of sp³-hybridized carbons (Fsp3) is 0.258. The van der Waals surface area contributed by atoms with Crippen LogP contribution < -0.4 is 15.8 Å². The molecule has 2 aromatic carbocycles. The Morgan fingerprint density at radius 2 is 1.88 bits per heavy atom. The first-order valence-electron chi connectivity index (χ1n) is 13.0. The second-order valence-electron chi connectivity index (χ2n) is 8.48. The molecular weight excluding hydrogens is 507 g/mol. The van der Waals surface area contributed by atoms with Crippen LogP contribution in [0.5, 0.6) is 0 Å². The molecule has 8 nitrogen and oxygen atoms in total. The highest BCUT2D eigenvalue weighted by Crippen LogP contribution is 2.20. The van der Waals surface area contributed by atoms with Gasteiger partial charge in [0.1, 0.15) is 17.7 Å². The van der Waals surface area contributed by atoms with E-state index in [0.29, 0.717) is 46.5 Å². The Hall–Kier alpha value is -5.02. The zero-order chi connectivity index (χ0) is 29.1. The molecule has 0 atom stereocenters. The maximum atomic E-state index is 14.6. The standard InChI is InChI=1S/C29H25FN6O2.C2H6/c1-3-5-19-6-9-22-23(14-19)26(34-35-29(22)38)16-20-7-10-25(30)24(15-20)28(37)32-12-13-36(4-2)27-11-8-21(17-31)18-33-27;1-2/h6-11,14-15,18H,4,12-13,16H2,1-2H3,(H,32,37)(H,35,38);1-2H3. The molecule has 2 heterocycles. The third-order valence-corrected chi connectivity index (χ3v) is 6.03. The number of nitrogens with one attached hydrogen (secondary N) is 2. The molecule has 2 N–H and O–H groups in total. The van der Waals surface area contributed by atoms with Crippen LogP contribution in [0.25, 0.3) is 10.8 Å². The third kappa shape index (κ3) is 7.09. The summed E-state index contributed by atoms with van der Waals surface area (Å²) in [5.41, 5.74) is 2.09. The molecule has 9 heteroatoms. The van der Waals surface area contributed by atoms with Crippen LogP contribution in [0.1, 0.15) is 60.4 Å². The average molecular weight is 539 g/mol. The lowest BCUT2D eigenvalue weighted by molar-refractivity contribution is 0.0950. The lowest BCUT2D eigenvalue weighted by Gasteiger charge is -2.22. The summed E-state index contributed by atoms with van der Waals surface area (Å²) >= 11 is 0. The summed E-state index contributed by atoms with van der Waals surface area (Å²) < 4.78 is 14.6. The van der Waals surface area contributed by atoms with E-state index in [1.54, 1.807) is 37.3 Å². The van der Waals surface area contributed by atoms with E-state index in [0.717, 1.165) is 5.56 Å². The molecule has 0 spiro atoms. The fourth-order valence-corrected chi connectivity index (χ4v) is 4.10. The highest BCUT2D eigenvalue weighted by Gasteiger charge is 2.15. The van der Waals surface area contributed by atoms with Crippen molar-refractivity contribution in [2.45, 2.75) is 34.1 Å². The summed E-state index contributed by atoms with van der Waals surface area (Å²) in [4.78, 5) is 31.3. The van der Waals surface area contributed by atoms with Gasteiger partial charge < -0.3 is 10.2 Å². The number of H-pyrrole nitrogens is 1. The van der Waals surface area contributed by atoms with Gasteiger partial charge in [-0.1, -0.05) is 25.8 Å². The van der Waals surface area contributed by atoms with Gasteiger partial charge in [-0.3, -0.25) is 9.59 Å². The average Bonchev–Trinajstić information content (AvgIpc) is 2.99. The molecule has 4 rings (SSSR count). The number of likely N-dealkylation sites (N-methyl/N-ethyl adjacent to an activating group) is 1. The molecule has 0 aliphatic heterocycles. The lowest BCUT2D eigenvalue weighted by Crippen LogP contribution is -2.35. The number of carbonyl (C=O) groups is 1. The number of nitriles is 1. The number of pyridine rings is 1. The fourth-order valence-electron chi connectivity index (χ4n) is 4.10. The summed E-state index contributed by atoms with van der Waals surface area (Å²) in [7, 11) is 0. The van der Waals surface area contributed by atoms with E-state index in [1.165, 1.54) is 18.3 Å². The number of carbonyl (C=O) groups excluding carboxylic acids is 1. The van der Waals surface area contributed by atoms with E-state index in [2.05, 4.69) is 32.3 Å². The van der Waals surface area contributed by atoms with E-state index in [9.17, 15) is 14.0 Å². The Balaban J connectivity index is 0.00000216. The van der Waals surface area contributed by atoms with Crippen LogP contribution in [-0.2, 0) is 6.42 Å². The predicted molar refractivity (Wildman–Crippen MR) is 155 cm³/mol. The topological polar surface area (TPSA) is 115 Å². The van der Waals surface area contributed by atoms with Crippen molar-refractivity contribution >= 4 is 22.5 Å². The summed E-state index contributed by atoms with van der Waals surface area (Å²) in [6.07, 6.45) is 1.78. The number of anilines is 1. The van der Waals surface area contributed by atoms with E-state index in [1.807, 2.05) is 37.8 Å². The van der Waals surface area contributed by atoms with Gasteiger partial charge in [0, 0.05) is 43.2 Å². The predicted octanol–water partition coefficient (Wildman–Crippen LogP) is 4.57. The largest absolute Gasteiger partial charge is 0.355 e. The minimum absolute atomic E-state index is 0.0756. The maximum absolute atomic E-state index is 14.6. The number of aromatic nitrogens is 3. The number of amides is 1. The SMILES string of the molecule is CC.CC#Cc1ccc2c(=O)[nH]nc(Cc3ccc(F)c(C(=O)NCCN(CC)c4ccc(C#N)cn4)c3)c2c1. The number of fused-ring (bicyclic) bond motifs is 1.